The number of rotatable bonds is 9. The van der Waals surface area contributed by atoms with Gasteiger partial charge in [-0.25, -0.2) is 0 Å². The molecule has 2 nitrogen and oxygen atoms in total. The summed E-state index contributed by atoms with van der Waals surface area (Å²) in [4.78, 5) is 11.3. The number of aliphatic carboxylic acids is 1. The topological polar surface area (TPSA) is 37.3 Å². The van der Waals surface area contributed by atoms with Crippen molar-refractivity contribution in [1.29, 1.82) is 0 Å². The molecule has 2 rings (SSSR count). The summed E-state index contributed by atoms with van der Waals surface area (Å²) in [6.45, 7) is 2.10. The molecule has 1 N–H and O–H groups in total. The van der Waals surface area contributed by atoms with Crippen molar-refractivity contribution < 1.29 is 9.90 Å². The number of benzene rings is 2. The Hall–Kier alpha value is -2.09. The molecule has 2 aromatic rings. The molecule has 23 heavy (non-hydrogen) atoms. The molecule has 0 bridgehead atoms. The number of hydrogen-bond donors (Lipinski definition) is 1. The van der Waals surface area contributed by atoms with E-state index in [1.807, 2.05) is 6.07 Å². The Balaban J connectivity index is 1.89. The zero-order chi connectivity index (χ0) is 16.5. The standard InChI is InChI=1S/C21H26O2/c1-2-3-9-20(21(22)23)16-19-14-12-18(13-15-19)11-10-17-7-5-4-6-8-17/h4-8,12-15,20H,2-3,9-11,16H2,1H3,(H,22,23). The first kappa shape index (κ1) is 17.3. The molecule has 0 heterocycles. The van der Waals surface area contributed by atoms with Crippen LogP contribution in [-0.2, 0) is 24.1 Å². The molecule has 0 radical (unpaired) electrons. The molecule has 1 atom stereocenters. The van der Waals surface area contributed by atoms with Gasteiger partial charge in [-0.15, -0.1) is 0 Å². The largest absolute Gasteiger partial charge is 0.481 e. The molecular formula is C21H26O2. The minimum Gasteiger partial charge on any atom is -0.481 e. The van der Waals surface area contributed by atoms with E-state index in [1.165, 1.54) is 11.1 Å². The first-order valence-corrected chi connectivity index (χ1v) is 8.53. The molecule has 0 saturated carbocycles. The summed E-state index contributed by atoms with van der Waals surface area (Å²) in [6, 6.07) is 18.9. The highest BCUT2D eigenvalue weighted by atomic mass is 16.4. The van der Waals surface area contributed by atoms with Crippen LogP contribution in [0.5, 0.6) is 0 Å². The van der Waals surface area contributed by atoms with E-state index in [2.05, 4.69) is 55.5 Å². The van der Waals surface area contributed by atoms with E-state index in [9.17, 15) is 9.90 Å². The van der Waals surface area contributed by atoms with Crippen LogP contribution in [0.2, 0.25) is 0 Å². The maximum Gasteiger partial charge on any atom is 0.306 e. The SMILES string of the molecule is CCCCC(Cc1ccc(CCc2ccccc2)cc1)C(=O)O. The second-order valence-corrected chi connectivity index (χ2v) is 6.18. The number of hydrogen-bond acceptors (Lipinski definition) is 1. The monoisotopic (exact) mass is 310 g/mol. The predicted molar refractivity (Wildman–Crippen MR) is 94.6 cm³/mol. The molecule has 0 amide bonds. The van der Waals surface area contributed by atoms with E-state index in [-0.39, 0.29) is 5.92 Å². The van der Waals surface area contributed by atoms with Gasteiger partial charge < -0.3 is 5.11 Å². The molecule has 0 aliphatic carbocycles. The lowest BCUT2D eigenvalue weighted by molar-refractivity contribution is -0.141. The molecule has 2 heteroatoms. The zero-order valence-electron chi connectivity index (χ0n) is 13.9. The Morgan fingerprint density at radius 1 is 0.913 bits per heavy atom. The van der Waals surface area contributed by atoms with Gasteiger partial charge in [-0.1, -0.05) is 74.4 Å². The van der Waals surface area contributed by atoms with Gasteiger partial charge >= 0.3 is 5.97 Å². The molecule has 0 saturated heterocycles. The van der Waals surface area contributed by atoms with Crippen LogP contribution in [0.15, 0.2) is 54.6 Å². The molecule has 0 aliphatic rings. The van der Waals surface area contributed by atoms with Crippen LogP contribution in [0.1, 0.15) is 42.9 Å². The zero-order valence-corrected chi connectivity index (χ0v) is 13.9. The fourth-order valence-corrected chi connectivity index (χ4v) is 2.82. The lowest BCUT2D eigenvalue weighted by Crippen LogP contribution is -2.16. The van der Waals surface area contributed by atoms with Gasteiger partial charge in [0.1, 0.15) is 0 Å². The van der Waals surface area contributed by atoms with E-state index in [0.717, 1.165) is 37.7 Å². The van der Waals surface area contributed by atoms with Gasteiger partial charge in [0.15, 0.2) is 0 Å². The van der Waals surface area contributed by atoms with Gasteiger partial charge in [0.25, 0.3) is 0 Å². The minimum atomic E-state index is -0.674. The smallest absolute Gasteiger partial charge is 0.306 e. The van der Waals surface area contributed by atoms with Crippen molar-refractivity contribution in [3.05, 3.63) is 71.3 Å². The summed E-state index contributed by atoms with van der Waals surface area (Å²) in [5.74, 6) is -0.934. The lowest BCUT2D eigenvalue weighted by atomic mass is 9.93. The van der Waals surface area contributed by atoms with Gasteiger partial charge in [0.2, 0.25) is 0 Å². The van der Waals surface area contributed by atoms with Crippen LogP contribution in [0, 0.1) is 5.92 Å². The van der Waals surface area contributed by atoms with Crippen LogP contribution in [-0.4, -0.2) is 11.1 Å². The quantitative estimate of drug-likeness (QED) is 0.715. The molecule has 122 valence electrons. The minimum absolute atomic E-state index is 0.259. The van der Waals surface area contributed by atoms with Gasteiger partial charge in [-0.05, 0) is 42.4 Å². The average Bonchev–Trinajstić information content (AvgIpc) is 2.58. The summed E-state index contributed by atoms with van der Waals surface area (Å²) in [5.41, 5.74) is 3.78. The molecule has 1 unspecified atom stereocenters. The Kier molecular flexibility index (Phi) is 6.86. The maximum absolute atomic E-state index is 11.3. The average molecular weight is 310 g/mol. The van der Waals surface area contributed by atoms with Gasteiger partial charge in [-0.2, -0.15) is 0 Å². The summed E-state index contributed by atoms with van der Waals surface area (Å²) in [5, 5.41) is 9.33. The molecule has 0 spiro atoms. The lowest BCUT2D eigenvalue weighted by Gasteiger charge is -2.12. The summed E-state index contributed by atoms with van der Waals surface area (Å²) in [6.07, 6.45) is 5.47. The second kappa shape index (κ2) is 9.14. The van der Waals surface area contributed by atoms with Crippen molar-refractivity contribution in [1.82, 2.24) is 0 Å². The molecule has 0 aromatic heterocycles. The van der Waals surface area contributed by atoms with Crippen LogP contribution < -0.4 is 0 Å². The maximum atomic E-state index is 11.3. The van der Waals surface area contributed by atoms with Crippen LogP contribution in [0.4, 0.5) is 0 Å². The number of carboxylic acid groups (broad SMARTS) is 1. The third kappa shape index (κ3) is 5.90. The normalized spacial score (nSPS) is 12.0. The summed E-state index contributed by atoms with van der Waals surface area (Å²) in [7, 11) is 0. The second-order valence-electron chi connectivity index (χ2n) is 6.18. The van der Waals surface area contributed by atoms with Crippen molar-refractivity contribution in [2.24, 2.45) is 5.92 Å². The van der Waals surface area contributed by atoms with Crippen LogP contribution >= 0.6 is 0 Å². The Bertz CT molecular complexity index is 587. The number of carboxylic acids is 1. The van der Waals surface area contributed by atoms with Crippen LogP contribution in [0.25, 0.3) is 0 Å². The van der Waals surface area contributed by atoms with E-state index in [1.54, 1.807) is 0 Å². The molecule has 0 fully saturated rings. The highest BCUT2D eigenvalue weighted by molar-refractivity contribution is 5.70. The first-order chi connectivity index (χ1) is 11.2. The molecule has 0 aliphatic heterocycles. The predicted octanol–water partition coefficient (Wildman–Crippen LogP) is 4.91. The Morgan fingerprint density at radius 2 is 1.48 bits per heavy atom. The van der Waals surface area contributed by atoms with Crippen molar-refractivity contribution in [3.63, 3.8) is 0 Å². The van der Waals surface area contributed by atoms with E-state index < -0.39 is 5.97 Å². The summed E-state index contributed by atoms with van der Waals surface area (Å²) >= 11 is 0. The highest BCUT2D eigenvalue weighted by Gasteiger charge is 2.17. The highest BCUT2D eigenvalue weighted by Crippen LogP contribution is 2.17. The van der Waals surface area contributed by atoms with Crippen LogP contribution in [0.3, 0.4) is 0 Å². The van der Waals surface area contributed by atoms with Crippen molar-refractivity contribution >= 4 is 5.97 Å². The Labute approximate surface area is 139 Å². The van der Waals surface area contributed by atoms with Crippen molar-refractivity contribution in [2.75, 3.05) is 0 Å². The van der Waals surface area contributed by atoms with E-state index in [4.69, 9.17) is 0 Å². The Morgan fingerprint density at radius 3 is 2.04 bits per heavy atom. The number of aryl methyl sites for hydroxylation is 2. The number of carbonyl (C=O) groups is 1. The fraction of sp³-hybridized carbons (Fsp3) is 0.381. The van der Waals surface area contributed by atoms with E-state index >= 15 is 0 Å². The third-order valence-corrected chi connectivity index (χ3v) is 4.31. The number of unbranched alkanes of at least 4 members (excludes halogenated alkanes) is 1. The van der Waals surface area contributed by atoms with Crippen molar-refractivity contribution in [3.8, 4) is 0 Å². The summed E-state index contributed by atoms with van der Waals surface area (Å²) < 4.78 is 0. The van der Waals surface area contributed by atoms with E-state index in [0.29, 0.717) is 6.42 Å². The fourth-order valence-electron chi connectivity index (χ4n) is 2.82. The first-order valence-electron chi connectivity index (χ1n) is 8.53. The molecular weight excluding hydrogens is 284 g/mol. The van der Waals surface area contributed by atoms with Gasteiger partial charge in [-0.3, -0.25) is 4.79 Å². The molecule has 2 aromatic carbocycles. The van der Waals surface area contributed by atoms with Gasteiger partial charge in [0, 0.05) is 0 Å². The third-order valence-electron chi connectivity index (χ3n) is 4.31. The van der Waals surface area contributed by atoms with Gasteiger partial charge in [0.05, 0.1) is 5.92 Å². The van der Waals surface area contributed by atoms with Crippen molar-refractivity contribution in [2.45, 2.75) is 45.4 Å².